The van der Waals surface area contributed by atoms with Crippen molar-refractivity contribution in [2.75, 3.05) is 0 Å². The first-order chi connectivity index (χ1) is 6.35. The Morgan fingerprint density at radius 1 is 0.733 bits per heavy atom. The Labute approximate surface area is 80.3 Å². The highest BCUT2D eigenvalue weighted by Gasteiger charge is 2.77. The van der Waals surface area contributed by atoms with Crippen LogP contribution in [-0.2, 0) is 0 Å². The van der Waals surface area contributed by atoms with Gasteiger partial charge in [-0.2, -0.15) is 26.3 Å². The van der Waals surface area contributed by atoms with E-state index in [0.717, 1.165) is 13.8 Å². The monoisotopic (exact) mass is 244 g/mol. The molecule has 1 unspecified atom stereocenters. The SMILES string of the molecule is CC(C)C(F)C(F)(C(F)(F)F)C(F)(F)F. The van der Waals surface area contributed by atoms with Crippen LogP contribution in [0.4, 0.5) is 35.1 Å². The Kier molecular flexibility index (Phi) is 3.64. The van der Waals surface area contributed by atoms with Crippen LogP contribution in [0, 0.1) is 5.92 Å². The molecule has 0 fully saturated rings. The molecule has 8 heteroatoms. The van der Waals surface area contributed by atoms with E-state index < -0.39 is 30.1 Å². The molecule has 1 atom stereocenters. The molecule has 15 heavy (non-hydrogen) atoms. The van der Waals surface area contributed by atoms with Crippen LogP contribution in [0.1, 0.15) is 13.8 Å². The summed E-state index contributed by atoms with van der Waals surface area (Å²) in [6.07, 6.45) is -16.3. The number of alkyl halides is 8. The summed E-state index contributed by atoms with van der Waals surface area (Å²) in [5.74, 6) is -1.74. The molecule has 92 valence electrons. The van der Waals surface area contributed by atoms with E-state index in [4.69, 9.17) is 0 Å². The van der Waals surface area contributed by atoms with Gasteiger partial charge in [0.05, 0.1) is 0 Å². The van der Waals surface area contributed by atoms with Gasteiger partial charge in [0.2, 0.25) is 0 Å². The Bertz CT molecular complexity index is 198. The van der Waals surface area contributed by atoms with Gasteiger partial charge in [-0.25, -0.2) is 8.78 Å². The molecule has 0 saturated carbocycles. The molecule has 0 amide bonds. The molecule has 0 aromatic carbocycles. The van der Waals surface area contributed by atoms with Gasteiger partial charge in [-0.05, 0) is 5.92 Å². The number of rotatable bonds is 2. The van der Waals surface area contributed by atoms with Crippen molar-refractivity contribution in [2.45, 2.75) is 38.0 Å². The maximum Gasteiger partial charge on any atom is 0.434 e. The Morgan fingerprint density at radius 3 is 1.07 bits per heavy atom. The minimum Gasteiger partial charge on any atom is -0.243 e. The first-order valence-electron chi connectivity index (χ1n) is 3.82. The third-order valence-electron chi connectivity index (χ3n) is 1.79. The highest BCUT2D eigenvalue weighted by atomic mass is 19.4. The first kappa shape index (κ1) is 14.4. The average Bonchev–Trinajstić information content (AvgIpc) is 1.96. The molecule has 0 aromatic heterocycles. The molecule has 0 heterocycles. The maximum atomic E-state index is 12.8. The van der Waals surface area contributed by atoms with Crippen molar-refractivity contribution in [2.24, 2.45) is 5.92 Å². The second-order valence-electron chi connectivity index (χ2n) is 3.35. The molecule has 0 spiro atoms. The summed E-state index contributed by atoms with van der Waals surface area (Å²) in [7, 11) is 0. The van der Waals surface area contributed by atoms with Gasteiger partial charge in [0.15, 0.2) is 6.17 Å². The van der Waals surface area contributed by atoms with Crippen molar-refractivity contribution in [3.05, 3.63) is 0 Å². The van der Waals surface area contributed by atoms with Crippen LogP contribution in [0.25, 0.3) is 0 Å². The van der Waals surface area contributed by atoms with E-state index in [-0.39, 0.29) is 0 Å². The standard InChI is InChI=1S/C7H8F8/c1-3(2)4(8)5(9,6(10,11)12)7(13,14)15/h3-4H,1-2H3. The zero-order valence-electron chi connectivity index (χ0n) is 7.68. The number of hydrogen-bond donors (Lipinski definition) is 0. The van der Waals surface area contributed by atoms with Crippen molar-refractivity contribution < 1.29 is 35.1 Å². The van der Waals surface area contributed by atoms with Gasteiger partial charge in [-0.1, -0.05) is 13.8 Å². The van der Waals surface area contributed by atoms with E-state index in [0.29, 0.717) is 0 Å². The van der Waals surface area contributed by atoms with Crippen LogP contribution in [0.2, 0.25) is 0 Å². The van der Waals surface area contributed by atoms with Crippen LogP contribution in [0.3, 0.4) is 0 Å². The fraction of sp³-hybridized carbons (Fsp3) is 1.00. The molecule has 0 aliphatic heterocycles. The van der Waals surface area contributed by atoms with E-state index in [1.165, 1.54) is 0 Å². The third-order valence-corrected chi connectivity index (χ3v) is 1.79. The predicted molar refractivity (Wildman–Crippen MR) is 35.7 cm³/mol. The topological polar surface area (TPSA) is 0 Å². The van der Waals surface area contributed by atoms with Crippen LogP contribution in [-0.4, -0.2) is 24.2 Å². The van der Waals surface area contributed by atoms with E-state index in [1.54, 1.807) is 0 Å². The Balaban J connectivity index is 5.43. The summed E-state index contributed by atoms with van der Waals surface area (Å²) in [5, 5.41) is 0. The first-order valence-corrected chi connectivity index (χ1v) is 3.82. The lowest BCUT2D eigenvalue weighted by atomic mass is 9.90. The summed E-state index contributed by atoms with van der Waals surface area (Å²) in [5.41, 5.74) is -5.81. The van der Waals surface area contributed by atoms with Crippen LogP contribution in [0.15, 0.2) is 0 Å². The van der Waals surface area contributed by atoms with E-state index >= 15 is 0 Å². The highest BCUT2D eigenvalue weighted by molar-refractivity contribution is 5.01. The zero-order valence-corrected chi connectivity index (χ0v) is 7.68. The van der Waals surface area contributed by atoms with E-state index in [2.05, 4.69) is 0 Å². The summed E-state index contributed by atoms with van der Waals surface area (Å²) >= 11 is 0. The van der Waals surface area contributed by atoms with Crippen molar-refractivity contribution in [1.29, 1.82) is 0 Å². The van der Waals surface area contributed by atoms with Gasteiger partial charge >= 0.3 is 18.0 Å². The molecule has 0 aliphatic carbocycles. The Hall–Kier alpha value is -0.560. The number of halogens is 8. The van der Waals surface area contributed by atoms with E-state index in [9.17, 15) is 35.1 Å². The summed E-state index contributed by atoms with van der Waals surface area (Å²) in [4.78, 5) is 0. The van der Waals surface area contributed by atoms with Crippen LogP contribution in [0.5, 0.6) is 0 Å². The molecule has 0 aliphatic rings. The molecule has 0 aromatic rings. The second-order valence-corrected chi connectivity index (χ2v) is 3.35. The lowest BCUT2D eigenvalue weighted by molar-refractivity contribution is -0.361. The van der Waals surface area contributed by atoms with E-state index in [1.807, 2.05) is 0 Å². The van der Waals surface area contributed by atoms with Crippen LogP contribution >= 0.6 is 0 Å². The molecule has 0 bridgehead atoms. The average molecular weight is 244 g/mol. The predicted octanol–water partition coefficient (Wildman–Crippen LogP) is 3.81. The van der Waals surface area contributed by atoms with Gasteiger partial charge in [0, 0.05) is 0 Å². The lowest BCUT2D eigenvalue weighted by Gasteiger charge is -2.34. The highest BCUT2D eigenvalue weighted by Crippen LogP contribution is 2.50. The molecule has 0 N–H and O–H groups in total. The van der Waals surface area contributed by atoms with Crippen molar-refractivity contribution in [3.63, 3.8) is 0 Å². The minimum atomic E-state index is -6.32. The maximum absolute atomic E-state index is 12.8. The van der Waals surface area contributed by atoms with Gasteiger partial charge in [-0.15, -0.1) is 0 Å². The molecule has 0 radical (unpaired) electrons. The second kappa shape index (κ2) is 3.79. The fourth-order valence-electron chi connectivity index (χ4n) is 0.933. The van der Waals surface area contributed by atoms with Gasteiger partial charge in [-0.3, -0.25) is 0 Å². The summed E-state index contributed by atoms with van der Waals surface area (Å²) < 4.78 is 96.8. The molecular formula is C7H8F8. The molecule has 0 saturated heterocycles. The normalized spacial score (nSPS) is 17.0. The molecule has 0 rings (SSSR count). The van der Waals surface area contributed by atoms with Gasteiger partial charge < -0.3 is 0 Å². The van der Waals surface area contributed by atoms with Gasteiger partial charge in [0.1, 0.15) is 0 Å². The zero-order chi connectivity index (χ0) is 12.7. The van der Waals surface area contributed by atoms with Crippen molar-refractivity contribution in [1.82, 2.24) is 0 Å². The van der Waals surface area contributed by atoms with Crippen LogP contribution < -0.4 is 0 Å². The molecular weight excluding hydrogens is 236 g/mol. The molecule has 0 nitrogen and oxygen atoms in total. The lowest BCUT2D eigenvalue weighted by Crippen LogP contribution is -2.60. The smallest absolute Gasteiger partial charge is 0.243 e. The summed E-state index contributed by atoms with van der Waals surface area (Å²) in [6.45, 7) is 1.47. The summed E-state index contributed by atoms with van der Waals surface area (Å²) in [6, 6.07) is 0. The minimum absolute atomic E-state index is 0.733. The van der Waals surface area contributed by atoms with Gasteiger partial charge in [0.25, 0.3) is 0 Å². The largest absolute Gasteiger partial charge is 0.434 e. The quantitative estimate of drug-likeness (QED) is 0.648. The number of hydrogen-bond acceptors (Lipinski definition) is 0. The Morgan fingerprint density at radius 2 is 1.00 bits per heavy atom. The van der Waals surface area contributed by atoms with Crippen molar-refractivity contribution in [3.8, 4) is 0 Å². The van der Waals surface area contributed by atoms with Crippen molar-refractivity contribution >= 4 is 0 Å². The fourth-order valence-corrected chi connectivity index (χ4v) is 0.933. The third kappa shape index (κ3) is 2.34.